The Morgan fingerprint density at radius 3 is 2.35 bits per heavy atom. The molecule has 8 nitrogen and oxygen atoms in total. The number of amides is 1. The Bertz CT molecular complexity index is 920. The van der Waals surface area contributed by atoms with Gasteiger partial charge in [-0.2, -0.15) is 0 Å². The summed E-state index contributed by atoms with van der Waals surface area (Å²) in [5.41, 5.74) is 8.37. The van der Waals surface area contributed by atoms with E-state index in [2.05, 4.69) is 10.3 Å². The van der Waals surface area contributed by atoms with Gasteiger partial charge in [-0.3, -0.25) is 4.79 Å². The molecule has 3 N–H and O–H groups in total. The number of hydrogen-bond acceptors (Lipinski definition) is 5. The lowest BCUT2D eigenvalue weighted by Crippen LogP contribution is -2.48. The van der Waals surface area contributed by atoms with Gasteiger partial charge in [0.1, 0.15) is 0 Å². The highest BCUT2D eigenvalue weighted by atomic mass is 16.5. The van der Waals surface area contributed by atoms with Crippen molar-refractivity contribution in [3.05, 3.63) is 53.6 Å². The van der Waals surface area contributed by atoms with Crippen molar-refractivity contribution in [1.29, 1.82) is 0 Å². The van der Waals surface area contributed by atoms with Gasteiger partial charge in [-0.05, 0) is 43.7 Å². The second-order valence-electron chi connectivity index (χ2n) is 7.56. The topological polar surface area (TPSA) is 98.4 Å². The summed E-state index contributed by atoms with van der Waals surface area (Å²) < 4.78 is 16.2. The molecule has 3 rings (SSSR count). The summed E-state index contributed by atoms with van der Waals surface area (Å²) in [7, 11) is 3.16. The molecule has 2 aromatic carbocycles. The van der Waals surface area contributed by atoms with Gasteiger partial charge >= 0.3 is 0 Å². The second-order valence-corrected chi connectivity index (χ2v) is 7.56. The number of guanidine groups is 1. The molecular formula is C23H30N4O4. The van der Waals surface area contributed by atoms with Crippen molar-refractivity contribution < 1.29 is 19.0 Å². The van der Waals surface area contributed by atoms with Crippen molar-refractivity contribution in [2.45, 2.75) is 32.6 Å². The second kappa shape index (κ2) is 10.2. The molecule has 1 aliphatic rings. The predicted molar refractivity (Wildman–Crippen MR) is 121 cm³/mol. The number of ether oxygens (including phenoxy) is 3. The predicted octanol–water partition coefficient (Wildman–Crippen LogP) is 2.88. The van der Waals surface area contributed by atoms with Crippen LogP contribution in [0.25, 0.3) is 0 Å². The van der Waals surface area contributed by atoms with Gasteiger partial charge in [0.2, 0.25) is 0 Å². The Morgan fingerprint density at radius 2 is 1.74 bits per heavy atom. The molecule has 0 bridgehead atoms. The number of carbonyl (C=O) groups is 1. The highest BCUT2D eigenvalue weighted by Gasteiger charge is 2.26. The number of hydrogen-bond donors (Lipinski definition) is 2. The largest absolute Gasteiger partial charge is 0.493 e. The lowest BCUT2D eigenvalue weighted by atomic mass is 10.1. The first-order valence-corrected chi connectivity index (χ1v) is 10.2. The molecule has 2 atom stereocenters. The first-order valence-electron chi connectivity index (χ1n) is 10.2. The van der Waals surface area contributed by atoms with E-state index < -0.39 is 0 Å². The van der Waals surface area contributed by atoms with E-state index >= 15 is 0 Å². The lowest BCUT2D eigenvalue weighted by molar-refractivity contribution is -0.0586. The summed E-state index contributed by atoms with van der Waals surface area (Å²) in [6, 6.07) is 12.9. The Morgan fingerprint density at radius 1 is 1.10 bits per heavy atom. The van der Waals surface area contributed by atoms with E-state index in [1.807, 2.05) is 49.1 Å². The van der Waals surface area contributed by atoms with Gasteiger partial charge in [-0.25, -0.2) is 4.99 Å². The molecule has 2 aromatic rings. The van der Waals surface area contributed by atoms with E-state index in [4.69, 9.17) is 19.9 Å². The van der Waals surface area contributed by atoms with Gasteiger partial charge in [-0.15, -0.1) is 0 Å². The number of rotatable bonds is 6. The number of nitrogens with zero attached hydrogens (tertiary/aromatic N) is 2. The number of aliphatic imine (C=N–C) groups is 1. The molecule has 2 unspecified atom stereocenters. The fourth-order valence-electron chi connectivity index (χ4n) is 3.56. The van der Waals surface area contributed by atoms with Gasteiger partial charge in [0, 0.05) is 30.4 Å². The van der Waals surface area contributed by atoms with Gasteiger partial charge in [0.05, 0.1) is 33.0 Å². The molecule has 0 saturated carbocycles. The molecule has 1 saturated heterocycles. The average Bonchev–Trinajstić information content (AvgIpc) is 2.76. The van der Waals surface area contributed by atoms with Crippen LogP contribution < -0.4 is 20.5 Å². The fraction of sp³-hybridized carbons (Fsp3) is 0.391. The zero-order valence-corrected chi connectivity index (χ0v) is 18.4. The van der Waals surface area contributed by atoms with Gasteiger partial charge in [0.25, 0.3) is 5.91 Å². The zero-order valence-electron chi connectivity index (χ0n) is 18.4. The summed E-state index contributed by atoms with van der Waals surface area (Å²) in [5, 5.41) is 3.04. The van der Waals surface area contributed by atoms with E-state index in [1.54, 1.807) is 26.4 Å². The molecule has 0 aromatic heterocycles. The van der Waals surface area contributed by atoms with Crippen LogP contribution in [-0.2, 0) is 11.3 Å². The normalized spacial score (nSPS) is 19.1. The number of benzene rings is 2. The molecular weight excluding hydrogens is 396 g/mol. The molecule has 31 heavy (non-hydrogen) atoms. The highest BCUT2D eigenvalue weighted by molar-refractivity contribution is 5.94. The summed E-state index contributed by atoms with van der Waals surface area (Å²) in [6.07, 6.45) is 0.0879. The Balaban J connectivity index is 1.59. The van der Waals surface area contributed by atoms with Crippen LogP contribution in [0.2, 0.25) is 0 Å². The van der Waals surface area contributed by atoms with E-state index in [0.717, 1.165) is 11.3 Å². The van der Waals surface area contributed by atoms with Crippen molar-refractivity contribution in [2.75, 3.05) is 32.6 Å². The van der Waals surface area contributed by atoms with Crippen LogP contribution in [-0.4, -0.2) is 56.3 Å². The van der Waals surface area contributed by atoms with Crippen LogP contribution >= 0.6 is 0 Å². The first kappa shape index (κ1) is 22.4. The number of nitrogens with one attached hydrogen (secondary N) is 1. The summed E-state index contributed by atoms with van der Waals surface area (Å²) in [4.78, 5) is 19.0. The van der Waals surface area contributed by atoms with Crippen molar-refractivity contribution in [2.24, 2.45) is 10.7 Å². The van der Waals surface area contributed by atoms with E-state index in [0.29, 0.717) is 36.7 Å². The van der Waals surface area contributed by atoms with Gasteiger partial charge in [-0.1, -0.05) is 12.1 Å². The number of carbonyl (C=O) groups excluding carboxylic acids is 1. The van der Waals surface area contributed by atoms with Crippen LogP contribution in [0.1, 0.15) is 29.8 Å². The maximum absolute atomic E-state index is 12.8. The smallest absolute Gasteiger partial charge is 0.254 e. The van der Waals surface area contributed by atoms with Crippen molar-refractivity contribution >= 4 is 17.6 Å². The number of nitrogens with two attached hydrogens (primary N) is 1. The summed E-state index contributed by atoms with van der Waals surface area (Å²) in [5.74, 6) is 1.54. The quantitative estimate of drug-likeness (QED) is 0.544. The first-order chi connectivity index (χ1) is 14.9. The van der Waals surface area contributed by atoms with E-state index in [1.165, 1.54) is 0 Å². The van der Waals surface area contributed by atoms with Crippen LogP contribution in [0.3, 0.4) is 0 Å². The number of methoxy groups -OCH3 is 2. The minimum absolute atomic E-state index is 0.0201. The minimum Gasteiger partial charge on any atom is -0.493 e. The standard InChI is InChI=1S/C23H30N4O4/c1-15-13-27(14-16(2)31-15)22(28)18-7-5-17(6-8-18)12-25-23(24)26-19-9-10-20(29-3)21(11-19)30-4/h5-11,15-16H,12-14H2,1-4H3,(H3,24,25,26). The third-order valence-electron chi connectivity index (χ3n) is 5.00. The molecule has 1 aliphatic heterocycles. The Kier molecular flexibility index (Phi) is 7.36. The zero-order chi connectivity index (χ0) is 22.4. The SMILES string of the molecule is COc1ccc(NC(N)=NCc2ccc(C(=O)N3CC(C)OC(C)C3)cc2)cc1OC. The van der Waals surface area contributed by atoms with Crippen LogP contribution in [0.4, 0.5) is 5.69 Å². The van der Waals surface area contributed by atoms with Crippen molar-refractivity contribution in [3.8, 4) is 11.5 Å². The molecule has 8 heteroatoms. The minimum atomic E-state index is 0.0201. The maximum Gasteiger partial charge on any atom is 0.254 e. The van der Waals surface area contributed by atoms with Gasteiger partial charge < -0.3 is 30.2 Å². The Labute approximate surface area is 183 Å². The van der Waals surface area contributed by atoms with Crippen molar-refractivity contribution in [3.63, 3.8) is 0 Å². The fourth-order valence-corrected chi connectivity index (χ4v) is 3.56. The van der Waals surface area contributed by atoms with E-state index in [9.17, 15) is 4.79 Å². The lowest BCUT2D eigenvalue weighted by Gasteiger charge is -2.35. The van der Waals surface area contributed by atoms with E-state index in [-0.39, 0.29) is 24.1 Å². The number of anilines is 1. The molecule has 1 heterocycles. The Hall–Kier alpha value is -3.26. The molecule has 166 valence electrons. The highest BCUT2D eigenvalue weighted by Crippen LogP contribution is 2.29. The van der Waals surface area contributed by atoms with Crippen LogP contribution in [0.15, 0.2) is 47.5 Å². The third kappa shape index (κ3) is 5.88. The molecule has 1 fully saturated rings. The van der Waals surface area contributed by atoms with Crippen molar-refractivity contribution in [1.82, 2.24) is 4.90 Å². The maximum atomic E-state index is 12.8. The molecule has 0 aliphatic carbocycles. The molecule has 0 radical (unpaired) electrons. The average molecular weight is 427 g/mol. The van der Waals surface area contributed by atoms with Crippen LogP contribution in [0.5, 0.6) is 11.5 Å². The molecule has 0 spiro atoms. The van der Waals surface area contributed by atoms with Gasteiger partial charge in [0.15, 0.2) is 17.5 Å². The number of morpholine rings is 1. The summed E-state index contributed by atoms with van der Waals surface area (Å²) in [6.45, 7) is 5.57. The third-order valence-corrected chi connectivity index (χ3v) is 5.00. The van der Waals surface area contributed by atoms with Crippen LogP contribution in [0, 0.1) is 0 Å². The summed E-state index contributed by atoms with van der Waals surface area (Å²) >= 11 is 0. The molecule has 1 amide bonds. The monoisotopic (exact) mass is 426 g/mol.